The molecule has 0 amide bonds. The Kier molecular flexibility index (Phi) is 4.64. The summed E-state index contributed by atoms with van der Waals surface area (Å²) in [5.41, 5.74) is 1.30. The Morgan fingerprint density at radius 3 is 2.85 bits per heavy atom. The van der Waals surface area contributed by atoms with E-state index >= 15 is 0 Å². The normalized spacial score (nSPS) is 16.7. The molecule has 0 saturated heterocycles. The van der Waals surface area contributed by atoms with Crippen molar-refractivity contribution in [2.45, 2.75) is 23.1 Å². The van der Waals surface area contributed by atoms with Crippen molar-refractivity contribution in [1.29, 1.82) is 0 Å². The Morgan fingerprint density at radius 1 is 1.27 bits per heavy atom. The monoisotopic (exact) mass is 404 g/mol. The van der Waals surface area contributed by atoms with Crippen molar-refractivity contribution in [3.05, 3.63) is 53.3 Å². The number of aromatic nitrogens is 1. The maximum atomic E-state index is 13.9. The highest BCUT2D eigenvalue weighted by Crippen LogP contribution is 2.42. The van der Waals surface area contributed by atoms with E-state index in [4.69, 9.17) is 12.2 Å². The molecule has 2 aromatic carbocycles. The molecule has 0 radical (unpaired) electrons. The van der Waals surface area contributed by atoms with Crippen LogP contribution >= 0.6 is 35.3 Å². The molecule has 4 rings (SSSR count). The van der Waals surface area contributed by atoms with Gasteiger partial charge in [0.2, 0.25) is 0 Å². The second kappa shape index (κ2) is 6.94. The number of carboxylic acids is 1. The fourth-order valence-corrected chi connectivity index (χ4v) is 5.47. The first-order chi connectivity index (χ1) is 12.5. The SMILES string of the molecule is O=C(O)CC1Sc2ccccc2N(Cc2nc3c(F)cccc3s2)C1=S. The highest BCUT2D eigenvalue weighted by atomic mass is 32.2. The van der Waals surface area contributed by atoms with Crippen LogP contribution in [0.15, 0.2) is 47.4 Å². The van der Waals surface area contributed by atoms with Crippen molar-refractivity contribution in [3.8, 4) is 0 Å². The Labute approximate surface area is 162 Å². The number of thiazole rings is 1. The molecule has 0 fully saturated rings. The summed E-state index contributed by atoms with van der Waals surface area (Å²) >= 11 is 8.49. The second-order valence-electron chi connectivity index (χ2n) is 5.79. The number of para-hydroxylation sites is 2. The summed E-state index contributed by atoms with van der Waals surface area (Å²) in [6, 6.07) is 12.7. The van der Waals surface area contributed by atoms with Crippen molar-refractivity contribution in [2.75, 3.05) is 4.90 Å². The summed E-state index contributed by atoms with van der Waals surface area (Å²) in [6.07, 6.45) is -0.0389. The molecule has 26 heavy (non-hydrogen) atoms. The number of hydrogen-bond donors (Lipinski definition) is 1. The Hall–Kier alpha value is -2.03. The first-order valence-electron chi connectivity index (χ1n) is 7.85. The summed E-state index contributed by atoms with van der Waals surface area (Å²) in [5, 5.41) is 9.61. The number of aliphatic carboxylic acids is 1. The molecule has 1 aliphatic heterocycles. The van der Waals surface area contributed by atoms with Crippen LogP contribution in [0.25, 0.3) is 10.2 Å². The molecule has 1 N–H and O–H groups in total. The van der Waals surface area contributed by atoms with E-state index in [0.29, 0.717) is 17.0 Å². The lowest BCUT2D eigenvalue weighted by atomic mass is 10.2. The molecule has 1 aliphatic rings. The number of fused-ring (bicyclic) bond motifs is 2. The van der Waals surface area contributed by atoms with Gasteiger partial charge >= 0.3 is 5.97 Å². The van der Waals surface area contributed by atoms with Gasteiger partial charge in [0.15, 0.2) is 0 Å². The molecule has 4 nitrogen and oxygen atoms in total. The molecule has 1 unspecified atom stereocenters. The lowest BCUT2D eigenvalue weighted by Crippen LogP contribution is -2.40. The van der Waals surface area contributed by atoms with Gasteiger partial charge in [0.25, 0.3) is 0 Å². The molecule has 3 aromatic rings. The van der Waals surface area contributed by atoms with Gasteiger partial charge in [0.1, 0.15) is 16.3 Å². The van der Waals surface area contributed by atoms with Gasteiger partial charge in [-0.1, -0.05) is 30.4 Å². The van der Waals surface area contributed by atoms with Crippen LogP contribution in [-0.4, -0.2) is 26.3 Å². The Morgan fingerprint density at radius 2 is 2.08 bits per heavy atom. The fourth-order valence-electron chi connectivity index (χ4n) is 2.89. The summed E-state index contributed by atoms with van der Waals surface area (Å²) < 4.78 is 14.7. The highest BCUT2D eigenvalue weighted by Gasteiger charge is 2.32. The van der Waals surface area contributed by atoms with Crippen molar-refractivity contribution >= 4 is 62.2 Å². The van der Waals surface area contributed by atoms with E-state index in [9.17, 15) is 14.3 Å². The van der Waals surface area contributed by atoms with Crippen molar-refractivity contribution in [3.63, 3.8) is 0 Å². The van der Waals surface area contributed by atoms with Gasteiger partial charge in [-0.15, -0.1) is 23.1 Å². The number of carbonyl (C=O) groups is 1. The van der Waals surface area contributed by atoms with E-state index in [1.807, 2.05) is 35.2 Å². The van der Waals surface area contributed by atoms with Crippen LogP contribution in [0.5, 0.6) is 0 Å². The molecule has 1 atom stereocenters. The third-order valence-corrected chi connectivity index (χ3v) is 6.97. The molecule has 0 spiro atoms. The van der Waals surface area contributed by atoms with Crippen LogP contribution in [-0.2, 0) is 11.3 Å². The van der Waals surface area contributed by atoms with Crippen LogP contribution < -0.4 is 4.90 Å². The standard InChI is InChI=1S/C18H13FN2O2S3/c19-10-4-3-7-13-17(10)20-15(26-13)9-21-11-5-1-2-6-12(11)25-14(18(21)24)8-16(22)23/h1-7,14H,8-9H2,(H,22,23). The van der Waals surface area contributed by atoms with Crippen LogP contribution in [0, 0.1) is 5.82 Å². The van der Waals surface area contributed by atoms with E-state index in [2.05, 4.69) is 4.98 Å². The zero-order valence-corrected chi connectivity index (χ0v) is 15.8. The van der Waals surface area contributed by atoms with Gasteiger partial charge in [-0.3, -0.25) is 4.79 Å². The zero-order valence-electron chi connectivity index (χ0n) is 13.4. The van der Waals surface area contributed by atoms with Gasteiger partial charge in [-0.2, -0.15) is 0 Å². The van der Waals surface area contributed by atoms with Crippen LogP contribution in [0.3, 0.4) is 0 Å². The minimum Gasteiger partial charge on any atom is -0.481 e. The van der Waals surface area contributed by atoms with Crippen molar-refractivity contribution in [1.82, 2.24) is 4.98 Å². The Balaban J connectivity index is 1.71. The number of carboxylic acid groups (broad SMARTS) is 1. The molecule has 132 valence electrons. The van der Waals surface area contributed by atoms with Gasteiger partial charge in [0, 0.05) is 4.90 Å². The lowest BCUT2D eigenvalue weighted by molar-refractivity contribution is -0.136. The number of thiocarbonyl (C=S) groups is 1. The number of anilines is 1. The molecule has 2 heterocycles. The molecule has 1 aromatic heterocycles. The first-order valence-corrected chi connectivity index (χ1v) is 9.96. The van der Waals surface area contributed by atoms with E-state index in [1.54, 1.807) is 6.07 Å². The molecule has 0 saturated carbocycles. The minimum atomic E-state index is -0.883. The number of rotatable bonds is 4. The van der Waals surface area contributed by atoms with Crippen LogP contribution in [0.2, 0.25) is 0 Å². The van der Waals surface area contributed by atoms with Crippen LogP contribution in [0.4, 0.5) is 10.1 Å². The van der Waals surface area contributed by atoms with E-state index in [1.165, 1.54) is 29.2 Å². The van der Waals surface area contributed by atoms with Gasteiger partial charge in [0.05, 0.1) is 33.6 Å². The maximum absolute atomic E-state index is 13.9. The van der Waals surface area contributed by atoms with Crippen LogP contribution in [0.1, 0.15) is 11.4 Å². The predicted octanol–water partition coefficient (Wildman–Crippen LogP) is 4.72. The highest BCUT2D eigenvalue weighted by molar-refractivity contribution is 8.02. The van der Waals surface area contributed by atoms with Gasteiger partial charge < -0.3 is 10.0 Å². The maximum Gasteiger partial charge on any atom is 0.304 e. The second-order valence-corrected chi connectivity index (χ2v) is 8.57. The number of nitrogens with zero attached hydrogens (tertiary/aromatic N) is 2. The molecule has 8 heteroatoms. The quantitative estimate of drug-likeness (QED) is 0.635. The summed E-state index contributed by atoms with van der Waals surface area (Å²) in [4.78, 5) is 19.1. The molecular weight excluding hydrogens is 391 g/mol. The minimum absolute atomic E-state index is 0.0389. The summed E-state index contributed by atoms with van der Waals surface area (Å²) in [5.74, 6) is -1.22. The van der Waals surface area contributed by atoms with E-state index < -0.39 is 5.97 Å². The summed E-state index contributed by atoms with van der Waals surface area (Å²) in [7, 11) is 0. The molecular formula is C18H13FN2O2S3. The van der Waals surface area contributed by atoms with E-state index in [0.717, 1.165) is 20.3 Å². The smallest absolute Gasteiger partial charge is 0.304 e. The number of thioether (sulfide) groups is 1. The summed E-state index contributed by atoms with van der Waals surface area (Å²) in [6.45, 7) is 0.394. The van der Waals surface area contributed by atoms with Crippen molar-refractivity contribution in [2.24, 2.45) is 0 Å². The molecule has 0 aliphatic carbocycles. The van der Waals surface area contributed by atoms with E-state index in [-0.39, 0.29) is 17.5 Å². The third-order valence-electron chi connectivity index (χ3n) is 4.03. The fraction of sp³-hybridized carbons (Fsp3) is 0.167. The van der Waals surface area contributed by atoms with Gasteiger partial charge in [-0.25, -0.2) is 9.37 Å². The molecule has 0 bridgehead atoms. The topological polar surface area (TPSA) is 53.4 Å². The third kappa shape index (κ3) is 3.20. The largest absolute Gasteiger partial charge is 0.481 e. The average molecular weight is 405 g/mol. The number of halogens is 1. The first kappa shape index (κ1) is 17.4. The number of hydrogen-bond acceptors (Lipinski definition) is 5. The van der Waals surface area contributed by atoms with Crippen molar-refractivity contribution < 1.29 is 14.3 Å². The predicted molar refractivity (Wildman–Crippen MR) is 107 cm³/mol. The lowest BCUT2D eigenvalue weighted by Gasteiger charge is -2.35. The van der Waals surface area contributed by atoms with Gasteiger partial charge in [-0.05, 0) is 24.3 Å². The number of benzene rings is 2. The Bertz CT molecular complexity index is 1020. The zero-order chi connectivity index (χ0) is 18.3. The average Bonchev–Trinajstić information content (AvgIpc) is 3.02.